The highest BCUT2D eigenvalue weighted by molar-refractivity contribution is 7.81. The van der Waals surface area contributed by atoms with E-state index < -0.39 is 0 Å². The van der Waals surface area contributed by atoms with Crippen molar-refractivity contribution in [3.63, 3.8) is 0 Å². The molecule has 0 aromatic carbocycles. The zero-order valence-electron chi connectivity index (χ0n) is 6.01. The molecule has 1 atom stereocenters. The Morgan fingerprint density at radius 3 is 2.89 bits per heavy atom. The number of piperidine rings is 1. The van der Waals surface area contributed by atoms with Crippen LogP contribution in [-0.4, -0.2) is 29.8 Å². The second-order valence-corrected chi connectivity index (χ2v) is 3.42. The molecule has 0 saturated carbocycles. The van der Waals surface area contributed by atoms with Gasteiger partial charge in [-0.15, -0.1) is 0 Å². The Bertz CT molecular complexity index is 85.0. The quantitative estimate of drug-likeness (QED) is 0.546. The first-order valence-electron chi connectivity index (χ1n) is 3.73. The summed E-state index contributed by atoms with van der Waals surface area (Å²) < 4.78 is 0. The Morgan fingerprint density at radius 1 is 1.67 bits per heavy atom. The lowest BCUT2D eigenvalue weighted by Crippen LogP contribution is -2.35. The van der Waals surface area contributed by atoms with E-state index in [1.807, 2.05) is 0 Å². The Morgan fingerprint density at radius 2 is 2.44 bits per heavy atom. The maximum Gasteiger partial charge on any atom is 0.0145 e. The van der Waals surface area contributed by atoms with Crippen LogP contribution in [0.4, 0.5) is 0 Å². The van der Waals surface area contributed by atoms with Crippen molar-refractivity contribution in [2.45, 2.75) is 25.0 Å². The summed E-state index contributed by atoms with van der Waals surface area (Å²) in [4.78, 5) is 2.46. The van der Waals surface area contributed by atoms with Crippen molar-refractivity contribution in [2.75, 3.05) is 19.6 Å². The first-order valence-corrected chi connectivity index (χ1v) is 4.25. The van der Waals surface area contributed by atoms with E-state index in [0.717, 1.165) is 0 Å². The zero-order valence-corrected chi connectivity index (χ0v) is 6.90. The standard InChI is InChI=1S/C7H15NS/c1-2-8-5-3-4-7(9)6-8/h7,9H,2-6H2,1H3. The molecule has 1 heterocycles. The van der Waals surface area contributed by atoms with Gasteiger partial charge in [0.15, 0.2) is 0 Å². The maximum absolute atomic E-state index is 4.43. The lowest BCUT2D eigenvalue weighted by Gasteiger charge is -2.28. The SMILES string of the molecule is CCN1CCCC(S)C1. The Labute approximate surface area is 62.8 Å². The van der Waals surface area contributed by atoms with Crippen LogP contribution >= 0.6 is 12.6 Å². The van der Waals surface area contributed by atoms with Gasteiger partial charge in [-0.2, -0.15) is 12.6 Å². The van der Waals surface area contributed by atoms with Crippen LogP contribution in [0.5, 0.6) is 0 Å². The minimum Gasteiger partial charge on any atom is -0.303 e. The van der Waals surface area contributed by atoms with Crippen LogP contribution in [-0.2, 0) is 0 Å². The van der Waals surface area contributed by atoms with E-state index in [-0.39, 0.29) is 0 Å². The van der Waals surface area contributed by atoms with Crippen molar-refractivity contribution in [3.05, 3.63) is 0 Å². The van der Waals surface area contributed by atoms with Gasteiger partial charge in [0.25, 0.3) is 0 Å². The molecule has 0 aromatic heterocycles. The molecular weight excluding hydrogens is 130 g/mol. The normalized spacial score (nSPS) is 30.7. The van der Waals surface area contributed by atoms with Gasteiger partial charge in [-0.25, -0.2) is 0 Å². The molecular formula is C7H15NS. The number of thiol groups is 1. The summed E-state index contributed by atoms with van der Waals surface area (Å²) in [7, 11) is 0. The number of likely N-dealkylation sites (tertiary alicyclic amines) is 1. The van der Waals surface area contributed by atoms with Gasteiger partial charge < -0.3 is 4.90 Å². The molecule has 9 heavy (non-hydrogen) atoms. The summed E-state index contributed by atoms with van der Waals surface area (Å²) in [5.74, 6) is 0. The van der Waals surface area contributed by atoms with Gasteiger partial charge in [0.05, 0.1) is 0 Å². The number of nitrogens with zero attached hydrogens (tertiary/aromatic N) is 1. The maximum atomic E-state index is 4.43. The van der Waals surface area contributed by atoms with Gasteiger partial charge in [-0.3, -0.25) is 0 Å². The molecule has 1 rings (SSSR count). The molecule has 0 bridgehead atoms. The second kappa shape index (κ2) is 3.47. The highest BCUT2D eigenvalue weighted by Gasteiger charge is 2.14. The lowest BCUT2D eigenvalue weighted by atomic mass is 10.1. The molecule has 54 valence electrons. The highest BCUT2D eigenvalue weighted by atomic mass is 32.1. The van der Waals surface area contributed by atoms with Crippen LogP contribution < -0.4 is 0 Å². The van der Waals surface area contributed by atoms with Gasteiger partial charge in [-0.05, 0) is 25.9 Å². The molecule has 0 aliphatic carbocycles. The lowest BCUT2D eigenvalue weighted by molar-refractivity contribution is 0.246. The van der Waals surface area contributed by atoms with Crippen LogP contribution in [0.2, 0.25) is 0 Å². The molecule has 0 amide bonds. The fraction of sp³-hybridized carbons (Fsp3) is 1.00. The van der Waals surface area contributed by atoms with Crippen LogP contribution in [0.15, 0.2) is 0 Å². The average molecular weight is 145 g/mol. The second-order valence-electron chi connectivity index (χ2n) is 2.69. The predicted octanol–water partition coefficient (Wildman–Crippen LogP) is 1.40. The molecule has 0 aromatic rings. The monoisotopic (exact) mass is 145 g/mol. The van der Waals surface area contributed by atoms with Crippen molar-refractivity contribution in [1.29, 1.82) is 0 Å². The molecule has 1 saturated heterocycles. The number of rotatable bonds is 1. The Kier molecular flexibility index (Phi) is 2.86. The number of hydrogen-bond donors (Lipinski definition) is 1. The topological polar surface area (TPSA) is 3.24 Å². The number of hydrogen-bond acceptors (Lipinski definition) is 2. The van der Waals surface area contributed by atoms with Gasteiger partial charge in [0, 0.05) is 11.8 Å². The van der Waals surface area contributed by atoms with Gasteiger partial charge in [0.2, 0.25) is 0 Å². The molecule has 1 fully saturated rings. The van der Waals surface area contributed by atoms with Gasteiger partial charge >= 0.3 is 0 Å². The summed E-state index contributed by atoms with van der Waals surface area (Å²) >= 11 is 4.43. The van der Waals surface area contributed by atoms with E-state index in [9.17, 15) is 0 Å². The Hall–Kier alpha value is 0.310. The van der Waals surface area contributed by atoms with Crippen LogP contribution in [0.3, 0.4) is 0 Å². The van der Waals surface area contributed by atoms with Crippen molar-refractivity contribution in [2.24, 2.45) is 0 Å². The smallest absolute Gasteiger partial charge is 0.0145 e. The molecule has 1 nitrogen and oxygen atoms in total. The molecule has 1 unspecified atom stereocenters. The fourth-order valence-corrected chi connectivity index (χ4v) is 1.73. The predicted molar refractivity (Wildman–Crippen MR) is 44.1 cm³/mol. The van der Waals surface area contributed by atoms with Crippen LogP contribution in [0.25, 0.3) is 0 Å². The van der Waals surface area contributed by atoms with Crippen LogP contribution in [0.1, 0.15) is 19.8 Å². The van der Waals surface area contributed by atoms with E-state index in [1.54, 1.807) is 0 Å². The molecule has 0 radical (unpaired) electrons. The highest BCUT2D eigenvalue weighted by Crippen LogP contribution is 2.13. The Balaban J connectivity index is 2.23. The summed E-state index contributed by atoms with van der Waals surface area (Å²) in [6.45, 7) is 5.88. The minimum absolute atomic E-state index is 0.638. The van der Waals surface area contributed by atoms with E-state index in [1.165, 1.54) is 32.5 Å². The molecule has 2 heteroatoms. The van der Waals surface area contributed by atoms with Gasteiger partial charge in [-0.1, -0.05) is 6.92 Å². The summed E-state index contributed by atoms with van der Waals surface area (Å²) in [5, 5.41) is 0.638. The third kappa shape index (κ3) is 2.18. The third-order valence-corrected chi connectivity index (χ3v) is 2.35. The molecule has 1 aliphatic rings. The minimum atomic E-state index is 0.638. The zero-order chi connectivity index (χ0) is 6.69. The van der Waals surface area contributed by atoms with Crippen molar-refractivity contribution in [3.8, 4) is 0 Å². The fourth-order valence-electron chi connectivity index (χ4n) is 1.32. The van der Waals surface area contributed by atoms with Gasteiger partial charge in [0.1, 0.15) is 0 Å². The molecule has 0 spiro atoms. The van der Waals surface area contributed by atoms with E-state index in [0.29, 0.717) is 5.25 Å². The largest absolute Gasteiger partial charge is 0.303 e. The first-order chi connectivity index (χ1) is 4.33. The van der Waals surface area contributed by atoms with Crippen LogP contribution in [0, 0.1) is 0 Å². The summed E-state index contributed by atoms with van der Waals surface area (Å²) in [6, 6.07) is 0. The van der Waals surface area contributed by atoms with E-state index >= 15 is 0 Å². The van der Waals surface area contributed by atoms with Crippen molar-refractivity contribution >= 4 is 12.6 Å². The molecule has 1 aliphatic heterocycles. The van der Waals surface area contributed by atoms with Crippen molar-refractivity contribution in [1.82, 2.24) is 4.90 Å². The summed E-state index contributed by atoms with van der Waals surface area (Å²) in [6.07, 6.45) is 2.64. The van der Waals surface area contributed by atoms with E-state index in [4.69, 9.17) is 0 Å². The van der Waals surface area contributed by atoms with Crippen molar-refractivity contribution < 1.29 is 0 Å². The first kappa shape index (κ1) is 7.42. The summed E-state index contributed by atoms with van der Waals surface area (Å²) in [5.41, 5.74) is 0. The molecule has 0 N–H and O–H groups in total. The van der Waals surface area contributed by atoms with E-state index in [2.05, 4.69) is 24.5 Å². The third-order valence-electron chi connectivity index (χ3n) is 1.93. The average Bonchev–Trinajstić information content (AvgIpc) is 1.88.